The van der Waals surface area contributed by atoms with Crippen molar-refractivity contribution in [1.82, 2.24) is 5.32 Å². The Morgan fingerprint density at radius 2 is 1.76 bits per heavy atom. The van der Waals surface area contributed by atoms with Crippen molar-refractivity contribution in [3.05, 3.63) is 59.7 Å². The maximum atomic E-state index is 12.5. The van der Waals surface area contributed by atoms with Crippen LogP contribution >= 0.6 is 0 Å². The van der Waals surface area contributed by atoms with E-state index in [0.717, 1.165) is 25.7 Å². The first-order valence-corrected chi connectivity index (χ1v) is 10.5. The van der Waals surface area contributed by atoms with E-state index in [2.05, 4.69) is 29.6 Å². The molecule has 1 saturated carbocycles. The zero-order valence-corrected chi connectivity index (χ0v) is 16.8. The molecule has 2 aromatic carbocycles. The topological polar surface area (TPSA) is 67.8 Å². The average Bonchev–Trinajstić information content (AvgIpc) is 3.10. The molecule has 3 atom stereocenters. The molecule has 3 unspecified atom stereocenters. The molecule has 0 aromatic heterocycles. The van der Waals surface area contributed by atoms with Gasteiger partial charge in [0.15, 0.2) is 0 Å². The summed E-state index contributed by atoms with van der Waals surface area (Å²) in [7, 11) is 1.72. The van der Waals surface area contributed by atoms with Gasteiger partial charge in [0.2, 0.25) is 0 Å². The minimum atomic E-state index is -0.467. The second-order valence-electron chi connectivity index (χ2n) is 8.04. The molecule has 0 heterocycles. The minimum Gasteiger partial charge on any atom is -0.449 e. The number of carbonyl (C=O) groups excluding carboxylic acids is 1. The summed E-state index contributed by atoms with van der Waals surface area (Å²) in [5, 5.41) is 12.7. The fourth-order valence-corrected chi connectivity index (χ4v) is 4.86. The van der Waals surface area contributed by atoms with Crippen molar-refractivity contribution in [2.75, 3.05) is 20.3 Å². The van der Waals surface area contributed by atoms with Gasteiger partial charge in [0.05, 0.1) is 18.8 Å². The number of amides is 1. The van der Waals surface area contributed by atoms with Crippen LogP contribution < -0.4 is 5.32 Å². The van der Waals surface area contributed by atoms with Gasteiger partial charge >= 0.3 is 6.09 Å². The summed E-state index contributed by atoms with van der Waals surface area (Å²) in [6, 6.07) is 16.3. The SMILES string of the molecule is COC1CCCC(C(CO)NC(=O)OCC2c3ccccc3-c3ccccc32)C1. The van der Waals surface area contributed by atoms with E-state index in [9.17, 15) is 9.90 Å². The van der Waals surface area contributed by atoms with Crippen molar-refractivity contribution >= 4 is 6.09 Å². The molecule has 2 aliphatic rings. The third kappa shape index (κ3) is 4.16. The average molecular weight is 395 g/mol. The zero-order valence-electron chi connectivity index (χ0n) is 16.8. The molecule has 2 aromatic rings. The van der Waals surface area contributed by atoms with Gasteiger partial charge in [-0.3, -0.25) is 0 Å². The number of hydrogen-bond donors (Lipinski definition) is 2. The summed E-state index contributed by atoms with van der Waals surface area (Å²) < 4.78 is 11.1. The predicted octanol–water partition coefficient (Wildman–Crippen LogP) is 4.09. The van der Waals surface area contributed by atoms with E-state index in [4.69, 9.17) is 9.47 Å². The van der Waals surface area contributed by atoms with Crippen LogP contribution in [-0.2, 0) is 9.47 Å². The molecule has 0 bridgehead atoms. The molecule has 5 nitrogen and oxygen atoms in total. The molecule has 154 valence electrons. The van der Waals surface area contributed by atoms with Crippen molar-refractivity contribution in [3.63, 3.8) is 0 Å². The second-order valence-corrected chi connectivity index (χ2v) is 8.04. The minimum absolute atomic E-state index is 0.0354. The summed E-state index contributed by atoms with van der Waals surface area (Å²) in [5.41, 5.74) is 4.79. The van der Waals surface area contributed by atoms with Crippen LogP contribution in [0.4, 0.5) is 4.79 Å². The Kier molecular flexibility index (Phi) is 6.16. The highest BCUT2D eigenvalue weighted by Crippen LogP contribution is 2.44. The lowest BCUT2D eigenvalue weighted by molar-refractivity contribution is 0.0340. The summed E-state index contributed by atoms with van der Waals surface area (Å²) >= 11 is 0. The number of fused-ring (bicyclic) bond motifs is 3. The predicted molar refractivity (Wildman–Crippen MR) is 112 cm³/mol. The van der Waals surface area contributed by atoms with Crippen molar-refractivity contribution in [2.24, 2.45) is 5.92 Å². The molecule has 1 fully saturated rings. The third-order valence-corrected chi connectivity index (χ3v) is 6.41. The van der Waals surface area contributed by atoms with E-state index in [0.29, 0.717) is 0 Å². The molecule has 5 heteroatoms. The first-order chi connectivity index (χ1) is 14.2. The Morgan fingerprint density at radius 1 is 1.10 bits per heavy atom. The first kappa shape index (κ1) is 19.9. The number of hydrogen-bond acceptors (Lipinski definition) is 4. The van der Waals surface area contributed by atoms with Crippen LogP contribution in [0.25, 0.3) is 11.1 Å². The number of nitrogens with one attached hydrogen (secondary N) is 1. The Hall–Kier alpha value is -2.37. The fourth-order valence-electron chi connectivity index (χ4n) is 4.86. The molecule has 29 heavy (non-hydrogen) atoms. The Balaban J connectivity index is 1.39. The number of aliphatic hydroxyl groups excluding tert-OH is 1. The van der Waals surface area contributed by atoms with E-state index in [-0.39, 0.29) is 37.2 Å². The highest BCUT2D eigenvalue weighted by molar-refractivity contribution is 5.79. The van der Waals surface area contributed by atoms with Crippen LogP contribution in [0.15, 0.2) is 48.5 Å². The lowest BCUT2D eigenvalue weighted by Gasteiger charge is -2.33. The van der Waals surface area contributed by atoms with Gasteiger partial charge in [0.25, 0.3) is 0 Å². The number of aliphatic hydroxyl groups is 1. The molecule has 2 N–H and O–H groups in total. The Labute approximate surface area is 172 Å². The second kappa shape index (κ2) is 8.97. The normalized spacial score (nSPS) is 21.9. The van der Waals surface area contributed by atoms with Gasteiger partial charge in [-0.15, -0.1) is 0 Å². The van der Waals surface area contributed by atoms with E-state index in [1.807, 2.05) is 24.3 Å². The highest BCUT2D eigenvalue weighted by Gasteiger charge is 2.31. The summed E-state index contributed by atoms with van der Waals surface area (Å²) in [4.78, 5) is 12.5. The number of ether oxygens (including phenoxy) is 2. The standard InChI is InChI=1S/C24H29NO4/c1-28-17-8-6-7-16(13-17)23(14-26)25-24(27)29-15-22-20-11-4-2-9-18(20)19-10-3-5-12-21(19)22/h2-5,9-12,16-17,22-23,26H,6-8,13-15H2,1H3,(H,25,27). The van der Waals surface area contributed by atoms with Gasteiger partial charge in [-0.1, -0.05) is 55.0 Å². The summed E-state index contributed by atoms with van der Waals surface area (Å²) in [6.45, 7) is 0.189. The van der Waals surface area contributed by atoms with Gasteiger partial charge in [-0.05, 0) is 47.4 Å². The molecule has 2 aliphatic carbocycles. The van der Waals surface area contributed by atoms with Gasteiger partial charge in [0.1, 0.15) is 6.61 Å². The van der Waals surface area contributed by atoms with Crippen LogP contribution in [0.2, 0.25) is 0 Å². The largest absolute Gasteiger partial charge is 0.449 e. The Morgan fingerprint density at radius 3 is 2.38 bits per heavy atom. The fraction of sp³-hybridized carbons (Fsp3) is 0.458. The monoisotopic (exact) mass is 395 g/mol. The first-order valence-electron chi connectivity index (χ1n) is 10.5. The smallest absolute Gasteiger partial charge is 0.407 e. The molecular weight excluding hydrogens is 366 g/mol. The molecular formula is C24H29NO4. The van der Waals surface area contributed by atoms with Gasteiger partial charge < -0.3 is 19.9 Å². The summed E-state index contributed by atoms with van der Waals surface area (Å²) in [5.74, 6) is 0.243. The molecule has 0 radical (unpaired) electrons. The van der Waals surface area contributed by atoms with Crippen LogP contribution in [-0.4, -0.2) is 43.7 Å². The lowest BCUT2D eigenvalue weighted by atomic mass is 9.82. The number of methoxy groups -OCH3 is 1. The van der Waals surface area contributed by atoms with Crippen LogP contribution in [0.1, 0.15) is 42.7 Å². The quantitative estimate of drug-likeness (QED) is 0.773. The number of alkyl carbamates (subject to hydrolysis) is 1. The van der Waals surface area contributed by atoms with Crippen LogP contribution in [0, 0.1) is 5.92 Å². The molecule has 0 saturated heterocycles. The van der Waals surface area contributed by atoms with E-state index >= 15 is 0 Å². The van der Waals surface area contributed by atoms with E-state index in [1.54, 1.807) is 7.11 Å². The van der Waals surface area contributed by atoms with Crippen molar-refractivity contribution in [2.45, 2.75) is 43.7 Å². The third-order valence-electron chi connectivity index (χ3n) is 6.41. The summed E-state index contributed by atoms with van der Waals surface area (Å²) in [6.07, 6.45) is 3.65. The Bertz CT molecular complexity index is 807. The van der Waals surface area contributed by atoms with Crippen molar-refractivity contribution in [1.29, 1.82) is 0 Å². The number of carbonyl (C=O) groups is 1. The number of benzene rings is 2. The van der Waals surface area contributed by atoms with Gasteiger partial charge in [-0.25, -0.2) is 4.79 Å². The van der Waals surface area contributed by atoms with Crippen LogP contribution in [0.3, 0.4) is 0 Å². The molecule has 1 amide bonds. The molecule has 0 aliphatic heterocycles. The maximum absolute atomic E-state index is 12.5. The lowest BCUT2D eigenvalue weighted by Crippen LogP contribution is -2.45. The molecule has 0 spiro atoms. The van der Waals surface area contributed by atoms with Crippen molar-refractivity contribution < 1.29 is 19.4 Å². The highest BCUT2D eigenvalue weighted by atomic mass is 16.5. The van der Waals surface area contributed by atoms with E-state index in [1.165, 1.54) is 22.3 Å². The maximum Gasteiger partial charge on any atom is 0.407 e. The van der Waals surface area contributed by atoms with Gasteiger partial charge in [-0.2, -0.15) is 0 Å². The number of rotatable bonds is 6. The van der Waals surface area contributed by atoms with E-state index < -0.39 is 6.09 Å². The van der Waals surface area contributed by atoms with Crippen LogP contribution in [0.5, 0.6) is 0 Å². The van der Waals surface area contributed by atoms with Gasteiger partial charge in [0, 0.05) is 13.0 Å². The van der Waals surface area contributed by atoms with Crippen molar-refractivity contribution in [3.8, 4) is 11.1 Å². The zero-order chi connectivity index (χ0) is 20.2. The molecule has 4 rings (SSSR count).